The van der Waals surface area contributed by atoms with E-state index in [0.29, 0.717) is 19.5 Å². The summed E-state index contributed by atoms with van der Waals surface area (Å²) >= 11 is 0. The van der Waals surface area contributed by atoms with Crippen molar-refractivity contribution in [2.75, 3.05) is 13.1 Å². The number of alkyl halides is 2. The second-order valence-corrected chi connectivity index (χ2v) is 2.60. The molecule has 1 atom stereocenters. The predicted octanol–water partition coefficient (Wildman–Crippen LogP) is 1.27. The molecule has 13 heavy (non-hydrogen) atoms. The molecule has 0 bridgehead atoms. The van der Waals surface area contributed by atoms with E-state index in [0.717, 1.165) is 0 Å². The molecule has 0 spiro atoms. The molecule has 0 heterocycles. The molecule has 0 aromatic rings. The molecule has 5 heteroatoms. The summed E-state index contributed by atoms with van der Waals surface area (Å²) in [5, 5.41) is 0. The van der Waals surface area contributed by atoms with Crippen molar-refractivity contribution >= 4 is 0 Å². The largest absolute Gasteiger partial charge is 0.413 e. The van der Waals surface area contributed by atoms with Crippen LogP contribution in [0.15, 0.2) is 12.3 Å². The Kier molecular flexibility index (Phi) is 6.44. The van der Waals surface area contributed by atoms with E-state index in [1.54, 1.807) is 6.92 Å². The van der Waals surface area contributed by atoms with Crippen molar-refractivity contribution in [3.05, 3.63) is 12.3 Å². The lowest BCUT2D eigenvalue weighted by atomic mass is 10.1. The minimum Gasteiger partial charge on any atom is -0.413 e. The molecule has 1 unspecified atom stereocenters. The predicted molar refractivity (Wildman–Crippen MR) is 47.1 cm³/mol. The molecule has 0 aliphatic rings. The van der Waals surface area contributed by atoms with Crippen molar-refractivity contribution in [3.63, 3.8) is 0 Å². The second kappa shape index (κ2) is 6.80. The summed E-state index contributed by atoms with van der Waals surface area (Å²) in [5.41, 5.74) is 7.61. The third kappa shape index (κ3) is 4.80. The van der Waals surface area contributed by atoms with Gasteiger partial charge in [0.05, 0.1) is 5.92 Å². The highest BCUT2D eigenvalue weighted by Gasteiger charge is 2.22. The van der Waals surface area contributed by atoms with Gasteiger partial charge in [0.15, 0.2) is 0 Å². The minimum absolute atomic E-state index is 0.0611. The fourth-order valence-corrected chi connectivity index (χ4v) is 0.825. The van der Waals surface area contributed by atoms with Crippen molar-refractivity contribution < 1.29 is 13.6 Å². The molecular formula is C8H16F2N2O. The third-order valence-corrected chi connectivity index (χ3v) is 1.61. The summed E-state index contributed by atoms with van der Waals surface area (Å²) in [6, 6.07) is 0. The highest BCUT2D eigenvalue weighted by molar-refractivity contribution is 4.91. The summed E-state index contributed by atoms with van der Waals surface area (Å²) in [4.78, 5) is 4.79. The molecule has 3 N–H and O–H groups in total. The number of hydrogen-bond acceptors (Lipinski definition) is 3. The van der Waals surface area contributed by atoms with Gasteiger partial charge >= 0.3 is 0 Å². The quantitative estimate of drug-likeness (QED) is 0.364. The van der Waals surface area contributed by atoms with Gasteiger partial charge in [-0.15, -0.1) is 0 Å². The van der Waals surface area contributed by atoms with Crippen molar-refractivity contribution in [1.29, 1.82) is 0 Å². The number of hydrogen-bond donors (Lipinski definition) is 2. The topological polar surface area (TPSA) is 47.3 Å². The average Bonchev–Trinajstić information content (AvgIpc) is 2.05. The second-order valence-electron chi connectivity index (χ2n) is 2.60. The number of allylic oxidation sites excluding steroid dienone is 1. The molecule has 0 fully saturated rings. The molecule has 0 saturated carbocycles. The zero-order valence-electron chi connectivity index (χ0n) is 7.72. The Morgan fingerprint density at radius 3 is 2.62 bits per heavy atom. The van der Waals surface area contributed by atoms with E-state index >= 15 is 0 Å². The van der Waals surface area contributed by atoms with Crippen LogP contribution in [0.1, 0.15) is 13.3 Å². The van der Waals surface area contributed by atoms with Crippen LogP contribution in [-0.2, 0) is 4.84 Å². The van der Waals surface area contributed by atoms with Crippen LogP contribution in [0.2, 0.25) is 0 Å². The van der Waals surface area contributed by atoms with Crippen LogP contribution in [0.3, 0.4) is 0 Å². The first kappa shape index (κ1) is 12.3. The summed E-state index contributed by atoms with van der Waals surface area (Å²) < 4.78 is 24.5. The highest BCUT2D eigenvalue weighted by atomic mass is 19.3. The first-order chi connectivity index (χ1) is 6.13. The Balaban J connectivity index is 3.78. The molecule has 0 amide bonds. The van der Waals surface area contributed by atoms with Crippen LogP contribution in [0.25, 0.3) is 0 Å². The van der Waals surface area contributed by atoms with E-state index in [-0.39, 0.29) is 5.76 Å². The molecule has 0 aliphatic carbocycles. The third-order valence-electron chi connectivity index (χ3n) is 1.61. The zero-order valence-corrected chi connectivity index (χ0v) is 7.72. The van der Waals surface area contributed by atoms with Gasteiger partial charge in [0.1, 0.15) is 5.76 Å². The van der Waals surface area contributed by atoms with Crippen molar-refractivity contribution in [2.45, 2.75) is 19.8 Å². The first-order valence-corrected chi connectivity index (χ1v) is 4.20. The molecule has 78 valence electrons. The summed E-state index contributed by atoms with van der Waals surface area (Å²) in [6.07, 6.45) is -2.13. The van der Waals surface area contributed by atoms with Gasteiger partial charge in [-0.3, -0.25) is 0 Å². The maximum Gasteiger partial charge on any atom is 0.248 e. The molecule has 0 aliphatic heterocycles. The normalized spacial score (nSPS) is 13.0. The summed E-state index contributed by atoms with van der Waals surface area (Å²) in [5.74, 6) is -0.851. The Morgan fingerprint density at radius 2 is 2.23 bits per heavy atom. The molecular weight excluding hydrogens is 178 g/mol. The average molecular weight is 194 g/mol. The van der Waals surface area contributed by atoms with Gasteiger partial charge in [-0.05, 0) is 6.42 Å². The van der Waals surface area contributed by atoms with E-state index in [9.17, 15) is 8.78 Å². The van der Waals surface area contributed by atoms with Crippen LogP contribution in [0, 0.1) is 5.92 Å². The Labute approximate surface area is 76.9 Å². The first-order valence-electron chi connectivity index (χ1n) is 4.20. The van der Waals surface area contributed by atoms with E-state index in [2.05, 4.69) is 12.1 Å². The molecule has 3 nitrogen and oxygen atoms in total. The van der Waals surface area contributed by atoms with E-state index in [4.69, 9.17) is 10.6 Å². The van der Waals surface area contributed by atoms with Crippen LogP contribution in [0.4, 0.5) is 8.78 Å². The van der Waals surface area contributed by atoms with Crippen molar-refractivity contribution in [1.82, 2.24) is 5.48 Å². The molecule has 0 aromatic heterocycles. The lowest BCUT2D eigenvalue weighted by molar-refractivity contribution is 0.0217. The lowest BCUT2D eigenvalue weighted by Gasteiger charge is -2.17. The van der Waals surface area contributed by atoms with Crippen molar-refractivity contribution in [2.24, 2.45) is 11.7 Å². The van der Waals surface area contributed by atoms with E-state index in [1.165, 1.54) is 0 Å². The lowest BCUT2D eigenvalue weighted by Crippen LogP contribution is -2.25. The fourth-order valence-electron chi connectivity index (χ4n) is 0.825. The maximum atomic E-state index is 12.3. The monoisotopic (exact) mass is 194 g/mol. The van der Waals surface area contributed by atoms with Crippen LogP contribution >= 0.6 is 0 Å². The highest BCUT2D eigenvalue weighted by Crippen LogP contribution is 2.21. The zero-order chi connectivity index (χ0) is 10.3. The van der Waals surface area contributed by atoms with Gasteiger partial charge in [0, 0.05) is 13.1 Å². The molecule has 0 radical (unpaired) electrons. The van der Waals surface area contributed by atoms with Crippen LogP contribution in [0.5, 0.6) is 0 Å². The van der Waals surface area contributed by atoms with Crippen molar-refractivity contribution in [3.8, 4) is 0 Å². The molecule has 0 aromatic carbocycles. The van der Waals surface area contributed by atoms with Gasteiger partial charge < -0.3 is 10.6 Å². The Bertz CT molecular complexity index is 153. The number of rotatable bonds is 7. The van der Waals surface area contributed by atoms with Crippen LogP contribution < -0.4 is 11.2 Å². The fraction of sp³-hybridized carbons (Fsp3) is 0.750. The molecule has 0 saturated heterocycles. The van der Waals surface area contributed by atoms with Gasteiger partial charge in [-0.1, -0.05) is 13.5 Å². The van der Waals surface area contributed by atoms with Gasteiger partial charge in [0.2, 0.25) is 6.43 Å². The minimum atomic E-state index is -2.43. The van der Waals surface area contributed by atoms with Gasteiger partial charge in [-0.2, -0.15) is 5.48 Å². The van der Waals surface area contributed by atoms with Gasteiger partial charge in [0.25, 0.3) is 0 Å². The Hall–Kier alpha value is -0.680. The van der Waals surface area contributed by atoms with E-state index < -0.39 is 12.3 Å². The SMILES string of the molecule is C=C(ONCCN)C(CC)C(F)F. The smallest absolute Gasteiger partial charge is 0.248 e. The number of nitrogens with two attached hydrogens (primary N) is 1. The number of hydroxylamine groups is 1. The Morgan fingerprint density at radius 1 is 1.62 bits per heavy atom. The summed E-state index contributed by atoms with van der Waals surface area (Å²) in [6.45, 7) is 5.88. The van der Waals surface area contributed by atoms with Crippen LogP contribution in [-0.4, -0.2) is 19.5 Å². The maximum absolute atomic E-state index is 12.3. The molecule has 0 rings (SSSR count). The van der Waals surface area contributed by atoms with E-state index in [1.807, 2.05) is 0 Å². The summed E-state index contributed by atoms with van der Waals surface area (Å²) in [7, 11) is 0. The number of nitrogens with one attached hydrogen (secondary N) is 1. The van der Waals surface area contributed by atoms with Gasteiger partial charge in [-0.25, -0.2) is 8.78 Å². The standard InChI is InChI=1S/C8H16F2N2O/c1-3-7(8(9)10)6(2)13-12-5-4-11/h7-8,12H,2-5,11H2,1H3. The number of halogens is 2.